The van der Waals surface area contributed by atoms with Crippen molar-refractivity contribution in [1.29, 1.82) is 0 Å². The van der Waals surface area contributed by atoms with Crippen LogP contribution in [0, 0.1) is 5.92 Å². The summed E-state index contributed by atoms with van der Waals surface area (Å²) in [5.74, 6) is 1.47. The molecule has 8 nitrogen and oxygen atoms in total. The van der Waals surface area contributed by atoms with E-state index in [1.165, 1.54) is 0 Å². The molecule has 0 N–H and O–H groups in total. The van der Waals surface area contributed by atoms with E-state index in [2.05, 4.69) is 19.5 Å². The lowest BCUT2D eigenvalue weighted by Gasteiger charge is -2.31. The van der Waals surface area contributed by atoms with Gasteiger partial charge in [0.1, 0.15) is 5.82 Å². The van der Waals surface area contributed by atoms with Gasteiger partial charge in [0.15, 0.2) is 0 Å². The van der Waals surface area contributed by atoms with E-state index < -0.39 is 0 Å². The summed E-state index contributed by atoms with van der Waals surface area (Å²) in [5, 5.41) is 4.34. The predicted octanol–water partition coefficient (Wildman–Crippen LogP) is 0.150. The highest BCUT2D eigenvalue weighted by Crippen LogP contribution is 2.18. The average Bonchev–Trinajstić information content (AvgIpc) is 3.20. The van der Waals surface area contributed by atoms with Gasteiger partial charge in [-0.3, -0.25) is 14.4 Å². The second-order valence-corrected chi connectivity index (χ2v) is 7.21. The smallest absolute Gasteiger partial charge is 0.229 e. The van der Waals surface area contributed by atoms with Gasteiger partial charge in [0, 0.05) is 64.3 Å². The minimum Gasteiger partial charge on any atom is -0.379 e. The van der Waals surface area contributed by atoms with Gasteiger partial charge in [-0.25, -0.2) is 4.98 Å². The van der Waals surface area contributed by atoms with Gasteiger partial charge in [-0.15, -0.1) is 0 Å². The lowest BCUT2D eigenvalue weighted by atomic mass is 10.1. The lowest BCUT2D eigenvalue weighted by molar-refractivity contribution is -0.131. The van der Waals surface area contributed by atoms with Crippen LogP contribution in [0.2, 0.25) is 0 Å². The van der Waals surface area contributed by atoms with Gasteiger partial charge in [-0.05, 0) is 6.07 Å². The van der Waals surface area contributed by atoms with Gasteiger partial charge < -0.3 is 14.2 Å². The van der Waals surface area contributed by atoms with Crippen LogP contribution in [0.15, 0.2) is 24.7 Å². The van der Waals surface area contributed by atoms with E-state index in [-0.39, 0.29) is 5.91 Å². The molecule has 0 spiro atoms. The Morgan fingerprint density at radius 1 is 1.27 bits per heavy atom. The molecule has 2 aromatic heterocycles. The standard InChI is InChI=1S/C18H26N6O2/c1-21-4-2-16(20-21)10-18(25)24-13-15(11-22-6-8-26-9-7-22)12-23-5-3-19-17(23)14-24/h2-5,15H,6-14H2,1H3/t15-/m0/s1. The Morgan fingerprint density at radius 3 is 2.88 bits per heavy atom. The number of ether oxygens (including phenoxy) is 1. The monoisotopic (exact) mass is 358 g/mol. The Hall–Kier alpha value is -2.19. The number of carbonyl (C=O) groups excluding carboxylic acids is 1. The molecule has 26 heavy (non-hydrogen) atoms. The number of amides is 1. The Labute approximate surface area is 153 Å². The number of rotatable bonds is 4. The average molecular weight is 358 g/mol. The minimum absolute atomic E-state index is 0.118. The largest absolute Gasteiger partial charge is 0.379 e. The number of nitrogens with zero attached hydrogens (tertiary/aromatic N) is 6. The predicted molar refractivity (Wildman–Crippen MR) is 95.3 cm³/mol. The topological polar surface area (TPSA) is 68.4 Å². The number of aromatic nitrogens is 4. The second-order valence-electron chi connectivity index (χ2n) is 7.21. The third kappa shape index (κ3) is 3.96. The van der Waals surface area contributed by atoms with Gasteiger partial charge in [0.2, 0.25) is 5.91 Å². The van der Waals surface area contributed by atoms with E-state index in [1.807, 2.05) is 36.6 Å². The number of aryl methyl sites for hydroxylation is 1. The first-order chi connectivity index (χ1) is 12.7. The van der Waals surface area contributed by atoms with Gasteiger partial charge in [0.05, 0.1) is 31.9 Å². The molecule has 0 unspecified atom stereocenters. The Morgan fingerprint density at radius 2 is 2.12 bits per heavy atom. The number of hydrogen-bond donors (Lipinski definition) is 0. The molecule has 0 radical (unpaired) electrons. The third-order valence-electron chi connectivity index (χ3n) is 5.14. The Balaban J connectivity index is 1.47. The van der Waals surface area contributed by atoms with Crippen LogP contribution in [0.4, 0.5) is 0 Å². The number of fused-ring (bicyclic) bond motifs is 1. The van der Waals surface area contributed by atoms with E-state index in [1.54, 1.807) is 4.68 Å². The van der Waals surface area contributed by atoms with E-state index in [4.69, 9.17) is 4.74 Å². The normalized spacial score (nSPS) is 21.4. The SMILES string of the molecule is Cn1ccc(CC(=O)N2Cc3nccn3C[C@H](CN3CCOCC3)C2)n1. The van der Waals surface area contributed by atoms with Crippen LogP contribution in [-0.2, 0) is 36.1 Å². The molecule has 2 aliphatic rings. The number of imidazole rings is 1. The van der Waals surface area contributed by atoms with Crippen molar-refractivity contribution in [3.63, 3.8) is 0 Å². The molecule has 4 heterocycles. The second kappa shape index (κ2) is 7.59. The first-order valence-corrected chi connectivity index (χ1v) is 9.24. The van der Waals surface area contributed by atoms with Crippen molar-refractivity contribution in [2.45, 2.75) is 19.5 Å². The molecule has 0 aliphatic carbocycles. The zero-order chi connectivity index (χ0) is 17.9. The molecular formula is C18H26N6O2. The molecule has 2 aromatic rings. The van der Waals surface area contributed by atoms with Crippen LogP contribution in [0.3, 0.4) is 0 Å². The summed E-state index contributed by atoms with van der Waals surface area (Å²) in [6, 6.07) is 1.90. The number of hydrogen-bond acceptors (Lipinski definition) is 5. The van der Waals surface area contributed by atoms with Crippen molar-refractivity contribution in [3.05, 3.63) is 36.2 Å². The summed E-state index contributed by atoms with van der Waals surface area (Å²) in [5.41, 5.74) is 0.815. The van der Waals surface area contributed by atoms with E-state index in [0.717, 1.165) is 57.5 Å². The van der Waals surface area contributed by atoms with E-state index in [9.17, 15) is 4.79 Å². The fourth-order valence-corrected chi connectivity index (χ4v) is 3.82. The molecule has 1 fully saturated rings. The van der Waals surface area contributed by atoms with Crippen LogP contribution in [0.25, 0.3) is 0 Å². The Kier molecular flexibility index (Phi) is 5.03. The molecule has 1 atom stereocenters. The molecule has 2 aliphatic heterocycles. The zero-order valence-corrected chi connectivity index (χ0v) is 15.3. The van der Waals surface area contributed by atoms with Crippen LogP contribution in [0.5, 0.6) is 0 Å². The van der Waals surface area contributed by atoms with Crippen LogP contribution in [-0.4, -0.2) is 74.4 Å². The van der Waals surface area contributed by atoms with Crippen molar-refractivity contribution < 1.29 is 9.53 Å². The first-order valence-electron chi connectivity index (χ1n) is 9.24. The summed E-state index contributed by atoms with van der Waals surface area (Å²) in [6.07, 6.45) is 6.06. The van der Waals surface area contributed by atoms with Crippen molar-refractivity contribution in [1.82, 2.24) is 29.1 Å². The van der Waals surface area contributed by atoms with Crippen molar-refractivity contribution >= 4 is 5.91 Å². The maximum Gasteiger partial charge on any atom is 0.229 e. The quantitative estimate of drug-likeness (QED) is 0.778. The molecular weight excluding hydrogens is 332 g/mol. The highest BCUT2D eigenvalue weighted by atomic mass is 16.5. The van der Waals surface area contributed by atoms with Gasteiger partial charge in [-0.1, -0.05) is 0 Å². The summed E-state index contributed by atoms with van der Waals surface area (Å²) in [7, 11) is 1.87. The van der Waals surface area contributed by atoms with Crippen molar-refractivity contribution in [2.75, 3.05) is 39.4 Å². The third-order valence-corrected chi connectivity index (χ3v) is 5.14. The molecule has 1 saturated heterocycles. The fraction of sp³-hybridized carbons (Fsp3) is 0.611. The molecule has 8 heteroatoms. The maximum absolute atomic E-state index is 12.9. The molecule has 140 valence electrons. The number of carbonyl (C=O) groups is 1. The Bertz CT molecular complexity index is 748. The van der Waals surface area contributed by atoms with Gasteiger partial charge in [0.25, 0.3) is 0 Å². The van der Waals surface area contributed by atoms with Crippen LogP contribution >= 0.6 is 0 Å². The molecule has 0 saturated carbocycles. The van der Waals surface area contributed by atoms with Gasteiger partial charge in [-0.2, -0.15) is 5.10 Å². The zero-order valence-electron chi connectivity index (χ0n) is 15.3. The number of morpholine rings is 1. The first kappa shape index (κ1) is 17.2. The molecule has 1 amide bonds. The van der Waals surface area contributed by atoms with E-state index in [0.29, 0.717) is 18.9 Å². The fourth-order valence-electron chi connectivity index (χ4n) is 3.82. The molecule has 4 rings (SSSR count). The summed E-state index contributed by atoms with van der Waals surface area (Å²) >= 11 is 0. The van der Waals surface area contributed by atoms with Crippen LogP contribution < -0.4 is 0 Å². The lowest BCUT2D eigenvalue weighted by Crippen LogP contribution is -2.43. The summed E-state index contributed by atoms with van der Waals surface area (Å²) in [4.78, 5) is 21.8. The molecule has 0 aromatic carbocycles. The van der Waals surface area contributed by atoms with Gasteiger partial charge >= 0.3 is 0 Å². The minimum atomic E-state index is 0.118. The van der Waals surface area contributed by atoms with Crippen LogP contribution in [0.1, 0.15) is 11.5 Å². The maximum atomic E-state index is 12.9. The van der Waals surface area contributed by atoms with Crippen molar-refractivity contribution in [2.24, 2.45) is 13.0 Å². The molecule has 0 bridgehead atoms. The summed E-state index contributed by atoms with van der Waals surface area (Å²) in [6.45, 7) is 6.74. The highest BCUT2D eigenvalue weighted by molar-refractivity contribution is 5.78. The van der Waals surface area contributed by atoms with E-state index >= 15 is 0 Å². The highest BCUT2D eigenvalue weighted by Gasteiger charge is 2.27. The summed E-state index contributed by atoms with van der Waals surface area (Å²) < 4.78 is 9.38. The van der Waals surface area contributed by atoms with Crippen molar-refractivity contribution in [3.8, 4) is 0 Å².